The third-order valence-corrected chi connectivity index (χ3v) is 6.54. The second-order valence-corrected chi connectivity index (χ2v) is 9.46. The first-order valence-corrected chi connectivity index (χ1v) is 12.5. The molecule has 0 aromatic carbocycles. The summed E-state index contributed by atoms with van der Waals surface area (Å²) >= 11 is 0. The summed E-state index contributed by atoms with van der Waals surface area (Å²) in [6.07, 6.45) is 16.8. The molecule has 2 atom stereocenters. The molecular formula is C21H43NaO4S. The molecule has 0 aromatic heterocycles. The number of rotatable bonds is 19. The fourth-order valence-corrected chi connectivity index (χ4v) is 4.33. The van der Waals surface area contributed by atoms with Crippen molar-refractivity contribution in [3.63, 3.8) is 0 Å². The van der Waals surface area contributed by atoms with Gasteiger partial charge in [0.2, 0.25) is 0 Å². The molecular weight excluding hydrogens is 371 g/mol. The van der Waals surface area contributed by atoms with Crippen LogP contribution in [-0.2, 0) is 10.1 Å². The van der Waals surface area contributed by atoms with Gasteiger partial charge in [-0.1, -0.05) is 97.3 Å². The first kappa shape index (κ1) is 30.1. The van der Waals surface area contributed by atoms with Crippen molar-refractivity contribution in [3.05, 3.63) is 0 Å². The van der Waals surface area contributed by atoms with Crippen LogP contribution in [0.25, 0.3) is 0 Å². The van der Waals surface area contributed by atoms with Crippen LogP contribution in [-0.4, -0.2) is 29.4 Å². The van der Waals surface area contributed by atoms with Gasteiger partial charge in [0.1, 0.15) is 0 Å². The van der Waals surface area contributed by atoms with Crippen molar-refractivity contribution < 1.29 is 47.6 Å². The molecule has 0 heterocycles. The Balaban J connectivity index is 0. The van der Waals surface area contributed by atoms with Crippen molar-refractivity contribution in [1.29, 1.82) is 0 Å². The minimum Gasteiger partial charge on any atom is -0.748 e. The average Bonchev–Trinajstić information content (AvgIpc) is 2.58. The van der Waals surface area contributed by atoms with Crippen molar-refractivity contribution in [2.75, 3.05) is 0 Å². The van der Waals surface area contributed by atoms with Crippen LogP contribution in [0, 0.1) is 0 Å². The van der Waals surface area contributed by atoms with E-state index in [0.717, 1.165) is 38.5 Å². The molecule has 6 heteroatoms. The van der Waals surface area contributed by atoms with E-state index in [9.17, 15) is 18.1 Å². The van der Waals surface area contributed by atoms with Crippen molar-refractivity contribution in [2.45, 2.75) is 134 Å². The van der Waals surface area contributed by atoms with Crippen LogP contribution in [0.1, 0.15) is 123 Å². The molecule has 0 bridgehead atoms. The van der Waals surface area contributed by atoms with E-state index in [0.29, 0.717) is 19.3 Å². The van der Waals surface area contributed by atoms with Gasteiger partial charge in [-0.2, -0.15) is 0 Å². The molecule has 0 aliphatic carbocycles. The molecule has 0 radical (unpaired) electrons. The van der Waals surface area contributed by atoms with Crippen LogP contribution in [0.5, 0.6) is 0 Å². The third kappa shape index (κ3) is 19.9. The molecule has 0 rings (SSSR count). The van der Waals surface area contributed by atoms with Crippen LogP contribution >= 0.6 is 0 Å². The van der Waals surface area contributed by atoms with E-state index in [-0.39, 0.29) is 29.6 Å². The van der Waals surface area contributed by atoms with Gasteiger partial charge in [0.25, 0.3) is 0 Å². The molecule has 0 fully saturated rings. The van der Waals surface area contributed by atoms with E-state index in [1.165, 1.54) is 51.4 Å². The van der Waals surface area contributed by atoms with Gasteiger partial charge in [-0.25, -0.2) is 8.42 Å². The number of hydrogen-bond donors (Lipinski definition) is 1. The summed E-state index contributed by atoms with van der Waals surface area (Å²) in [6, 6.07) is 0. The molecule has 27 heavy (non-hydrogen) atoms. The van der Waals surface area contributed by atoms with Crippen LogP contribution in [0.15, 0.2) is 0 Å². The second kappa shape index (κ2) is 20.2. The third-order valence-electron chi connectivity index (χ3n) is 5.25. The molecule has 0 amide bonds. The summed E-state index contributed by atoms with van der Waals surface area (Å²) in [4.78, 5) is 0. The van der Waals surface area contributed by atoms with E-state index < -0.39 is 21.5 Å². The van der Waals surface area contributed by atoms with E-state index in [2.05, 4.69) is 13.8 Å². The number of unbranched alkanes of at least 4 members (excludes halogenated alkanes) is 11. The number of aliphatic hydroxyl groups is 1. The molecule has 0 spiro atoms. The summed E-state index contributed by atoms with van der Waals surface area (Å²) in [5.74, 6) is 0. The number of hydrogen-bond acceptors (Lipinski definition) is 4. The molecule has 0 aliphatic rings. The topological polar surface area (TPSA) is 77.4 Å². The quantitative estimate of drug-likeness (QED) is 0.200. The summed E-state index contributed by atoms with van der Waals surface area (Å²) < 4.78 is 34.0. The van der Waals surface area contributed by atoms with Crippen LogP contribution in [0.2, 0.25) is 0 Å². The second-order valence-electron chi connectivity index (χ2n) is 7.81. The zero-order valence-electron chi connectivity index (χ0n) is 18.3. The summed E-state index contributed by atoms with van der Waals surface area (Å²) in [7, 11) is -4.25. The zero-order valence-corrected chi connectivity index (χ0v) is 21.1. The maximum Gasteiger partial charge on any atom is 1.00 e. The standard InChI is InChI=1S/C21H44O4S.Na/c1-3-5-7-8-9-10-11-12-13-15-16-20(22)18-19-21(26(23,24)25)17-14-6-4-2;/h20-22H,3-19H2,1-2H3,(H,23,24,25);/q;+1/p-1. The Morgan fingerprint density at radius 1 is 0.667 bits per heavy atom. The monoisotopic (exact) mass is 414 g/mol. The predicted octanol–water partition coefficient (Wildman–Crippen LogP) is 2.94. The number of aliphatic hydroxyl groups excluding tert-OH is 1. The molecule has 0 aliphatic heterocycles. The van der Waals surface area contributed by atoms with Gasteiger partial charge >= 0.3 is 29.6 Å². The van der Waals surface area contributed by atoms with Crippen LogP contribution in [0.4, 0.5) is 0 Å². The van der Waals surface area contributed by atoms with Crippen molar-refractivity contribution in [2.24, 2.45) is 0 Å². The van der Waals surface area contributed by atoms with Crippen LogP contribution in [0.3, 0.4) is 0 Å². The average molecular weight is 415 g/mol. The van der Waals surface area contributed by atoms with E-state index in [4.69, 9.17) is 0 Å². The summed E-state index contributed by atoms with van der Waals surface area (Å²) in [6.45, 7) is 4.29. The minimum atomic E-state index is -4.25. The van der Waals surface area contributed by atoms with Gasteiger partial charge in [-0.3, -0.25) is 0 Å². The zero-order chi connectivity index (χ0) is 19.7. The minimum absolute atomic E-state index is 0. The van der Waals surface area contributed by atoms with Gasteiger partial charge in [-0.05, 0) is 25.7 Å². The molecule has 0 aromatic rings. The summed E-state index contributed by atoms with van der Waals surface area (Å²) in [5, 5.41) is 9.24. The predicted molar refractivity (Wildman–Crippen MR) is 109 cm³/mol. The summed E-state index contributed by atoms with van der Waals surface area (Å²) in [5.41, 5.74) is 0. The smallest absolute Gasteiger partial charge is 0.748 e. The molecule has 1 N–H and O–H groups in total. The molecule has 0 saturated carbocycles. The Morgan fingerprint density at radius 3 is 1.56 bits per heavy atom. The molecule has 0 saturated heterocycles. The van der Waals surface area contributed by atoms with E-state index >= 15 is 0 Å². The first-order chi connectivity index (χ1) is 12.4. The van der Waals surface area contributed by atoms with Gasteiger partial charge in [-0.15, -0.1) is 0 Å². The molecule has 4 nitrogen and oxygen atoms in total. The normalized spacial score (nSPS) is 13.9. The Morgan fingerprint density at radius 2 is 1.07 bits per heavy atom. The van der Waals surface area contributed by atoms with Gasteiger partial charge in [0.05, 0.1) is 16.2 Å². The van der Waals surface area contributed by atoms with Crippen LogP contribution < -0.4 is 29.6 Å². The Labute approximate surface area is 191 Å². The van der Waals surface area contributed by atoms with Gasteiger partial charge in [0.15, 0.2) is 0 Å². The van der Waals surface area contributed by atoms with Gasteiger partial charge in [0, 0.05) is 5.25 Å². The first-order valence-electron chi connectivity index (χ1n) is 11.0. The van der Waals surface area contributed by atoms with Crippen molar-refractivity contribution in [3.8, 4) is 0 Å². The SMILES string of the molecule is CCCCCCCCCCCCC(O)CCC(CCCCC)S(=O)(=O)[O-].[Na+]. The Kier molecular flexibility index (Phi) is 22.4. The fraction of sp³-hybridized carbons (Fsp3) is 1.00. The van der Waals surface area contributed by atoms with E-state index in [1.54, 1.807) is 0 Å². The van der Waals surface area contributed by atoms with Crippen molar-refractivity contribution >= 4 is 10.1 Å². The fourth-order valence-electron chi connectivity index (χ4n) is 3.45. The van der Waals surface area contributed by atoms with E-state index in [1.807, 2.05) is 0 Å². The van der Waals surface area contributed by atoms with Crippen molar-refractivity contribution in [1.82, 2.24) is 0 Å². The Hall–Kier alpha value is 0.870. The maximum atomic E-state index is 11.3. The largest absolute Gasteiger partial charge is 1.00 e. The molecule has 158 valence electrons. The molecule has 2 unspecified atom stereocenters. The van der Waals surface area contributed by atoms with Gasteiger partial charge < -0.3 is 9.66 Å². The Bertz CT molecular complexity index is 401. The maximum absolute atomic E-state index is 11.3.